The molecule has 1 aromatic carbocycles. The summed E-state index contributed by atoms with van der Waals surface area (Å²) in [7, 11) is 0. The molecule has 1 N–H and O–H groups in total. The van der Waals surface area contributed by atoms with Crippen LogP contribution in [0.4, 0.5) is 0 Å². The quantitative estimate of drug-likeness (QED) is 0.882. The molecule has 2 aromatic rings. The first-order chi connectivity index (χ1) is 13.1. The molecule has 1 aliphatic heterocycles. The lowest BCUT2D eigenvalue weighted by Crippen LogP contribution is -2.56. The molecule has 2 aliphatic rings. The zero-order valence-electron chi connectivity index (χ0n) is 15.9. The van der Waals surface area contributed by atoms with Crippen LogP contribution in [0.1, 0.15) is 55.9 Å². The van der Waals surface area contributed by atoms with Crippen LogP contribution < -0.4 is 5.32 Å². The largest absolute Gasteiger partial charge is 0.350 e. The summed E-state index contributed by atoms with van der Waals surface area (Å²) in [5, 5.41) is 5.06. The number of pyridine rings is 1. The Kier molecular flexibility index (Phi) is 4.85. The Balaban J connectivity index is 1.53. The van der Waals surface area contributed by atoms with Crippen molar-refractivity contribution in [2.45, 2.75) is 51.5 Å². The maximum absolute atomic E-state index is 12.9. The lowest BCUT2D eigenvalue weighted by Gasteiger charge is -2.46. The zero-order valence-corrected chi connectivity index (χ0v) is 15.9. The molecule has 1 aromatic heterocycles. The normalized spacial score (nSPS) is 24.9. The van der Waals surface area contributed by atoms with Crippen LogP contribution in [0.5, 0.6) is 0 Å². The fraction of sp³-hybridized carbons (Fsp3) is 0.500. The van der Waals surface area contributed by atoms with E-state index >= 15 is 0 Å². The fourth-order valence-corrected chi connectivity index (χ4v) is 5.03. The third-order valence-electron chi connectivity index (χ3n) is 6.35. The topological polar surface area (TPSA) is 62.3 Å². The Morgan fingerprint density at radius 1 is 1.30 bits per heavy atom. The molecule has 5 nitrogen and oxygen atoms in total. The smallest absolute Gasteiger partial charge is 0.270 e. The van der Waals surface area contributed by atoms with E-state index in [1.54, 1.807) is 6.20 Å². The van der Waals surface area contributed by atoms with Crippen molar-refractivity contribution < 1.29 is 9.59 Å². The van der Waals surface area contributed by atoms with Gasteiger partial charge in [-0.05, 0) is 37.1 Å². The van der Waals surface area contributed by atoms with E-state index in [0.717, 1.165) is 49.4 Å². The van der Waals surface area contributed by atoms with Crippen molar-refractivity contribution in [3.8, 4) is 0 Å². The monoisotopic (exact) mass is 365 g/mol. The fourth-order valence-electron chi connectivity index (χ4n) is 5.03. The number of rotatable bonds is 5. The molecule has 2 atom stereocenters. The summed E-state index contributed by atoms with van der Waals surface area (Å²) >= 11 is 0. The molecule has 0 spiro atoms. The standard InChI is InChI=1S/C22H27N3O2/c1-2-14-25-18-8-5-11-22(18,12-9-19(25)26)15-24-21(27)20-17-7-4-3-6-16(17)10-13-23-20/h3-4,6-7,10,13,18H,2,5,8-9,11-12,14-15H2,1H3,(H,24,27)/t18-,22+/m1/s1. The summed E-state index contributed by atoms with van der Waals surface area (Å²) in [5.41, 5.74) is 0.500. The van der Waals surface area contributed by atoms with Crippen LogP contribution >= 0.6 is 0 Å². The lowest BCUT2D eigenvalue weighted by atomic mass is 9.74. The molecular weight excluding hydrogens is 338 g/mol. The molecular formula is C22H27N3O2. The van der Waals surface area contributed by atoms with E-state index in [9.17, 15) is 9.59 Å². The van der Waals surface area contributed by atoms with Crippen LogP contribution in [0, 0.1) is 5.41 Å². The van der Waals surface area contributed by atoms with Crippen LogP contribution in [-0.4, -0.2) is 40.8 Å². The minimum absolute atomic E-state index is 0.0172. The van der Waals surface area contributed by atoms with Gasteiger partial charge in [0.2, 0.25) is 5.91 Å². The molecule has 1 aliphatic carbocycles. The zero-order chi connectivity index (χ0) is 18.9. The lowest BCUT2D eigenvalue weighted by molar-refractivity contribution is -0.141. The molecule has 0 bridgehead atoms. The Hall–Kier alpha value is -2.43. The Bertz CT molecular complexity index is 860. The van der Waals surface area contributed by atoms with E-state index in [-0.39, 0.29) is 23.3 Å². The van der Waals surface area contributed by atoms with Gasteiger partial charge in [0, 0.05) is 42.6 Å². The van der Waals surface area contributed by atoms with Crippen LogP contribution in [0.15, 0.2) is 36.5 Å². The molecule has 142 valence electrons. The van der Waals surface area contributed by atoms with Gasteiger partial charge in [-0.25, -0.2) is 0 Å². The predicted octanol–water partition coefficient (Wildman–Crippen LogP) is 3.54. The van der Waals surface area contributed by atoms with E-state index in [1.807, 2.05) is 30.3 Å². The third kappa shape index (κ3) is 3.20. The van der Waals surface area contributed by atoms with Crippen LogP contribution in [0.25, 0.3) is 10.8 Å². The second-order valence-electron chi connectivity index (χ2n) is 7.92. The average Bonchev–Trinajstić information content (AvgIpc) is 3.13. The van der Waals surface area contributed by atoms with Crippen molar-refractivity contribution in [1.29, 1.82) is 0 Å². The van der Waals surface area contributed by atoms with Gasteiger partial charge in [-0.1, -0.05) is 37.6 Å². The van der Waals surface area contributed by atoms with Crippen molar-refractivity contribution in [1.82, 2.24) is 15.2 Å². The first-order valence-corrected chi connectivity index (χ1v) is 10.1. The number of hydrogen-bond donors (Lipinski definition) is 1. The van der Waals surface area contributed by atoms with Crippen molar-refractivity contribution in [2.24, 2.45) is 5.41 Å². The summed E-state index contributed by atoms with van der Waals surface area (Å²) in [5.74, 6) is 0.159. The first kappa shape index (κ1) is 18.0. The van der Waals surface area contributed by atoms with E-state index in [1.165, 1.54) is 0 Å². The minimum Gasteiger partial charge on any atom is -0.350 e. The van der Waals surface area contributed by atoms with Crippen LogP contribution in [0.2, 0.25) is 0 Å². The SMILES string of the molecule is CCCN1C(=O)CC[C@]2(CNC(=O)c3nccc4ccccc34)CCC[C@@H]12. The molecule has 4 rings (SSSR count). The van der Waals surface area contributed by atoms with Crippen molar-refractivity contribution in [3.05, 3.63) is 42.2 Å². The van der Waals surface area contributed by atoms with E-state index in [2.05, 4.69) is 22.1 Å². The van der Waals surface area contributed by atoms with E-state index in [4.69, 9.17) is 0 Å². The number of amides is 2. The maximum Gasteiger partial charge on any atom is 0.270 e. The number of aromatic nitrogens is 1. The number of carbonyl (C=O) groups is 2. The van der Waals surface area contributed by atoms with Gasteiger partial charge in [0.1, 0.15) is 5.69 Å². The van der Waals surface area contributed by atoms with Gasteiger partial charge in [0.05, 0.1) is 0 Å². The number of nitrogens with zero attached hydrogens (tertiary/aromatic N) is 2. The number of hydrogen-bond acceptors (Lipinski definition) is 3. The second-order valence-corrected chi connectivity index (χ2v) is 7.92. The van der Waals surface area contributed by atoms with Gasteiger partial charge < -0.3 is 10.2 Å². The molecule has 2 amide bonds. The second kappa shape index (κ2) is 7.29. The highest BCUT2D eigenvalue weighted by atomic mass is 16.2. The van der Waals surface area contributed by atoms with Gasteiger partial charge in [-0.3, -0.25) is 14.6 Å². The molecule has 27 heavy (non-hydrogen) atoms. The summed E-state index contributed by atoms with van der Waals surface area (Å²) in [6.45, 7) is 3.56. The number of nitrogens with one attached hydrogen (secondary N) is 1. The number of benzene rings is 1. The molecule has 0 radical (unpaired) electrons. The summed E-state index contributed by atoms with van der Waals surface area (Å²) in [6.07, 6.45) is 7.39. The van der Waals surface area contributed by atoms with Gasteiger partial charge in [0.25, 0.3) is 5.91 Å². The number of fused-ring (bicyclic) bond motifs is 2. The van der Waals surface area contributed by atoms with Crippen molar-refractivity contribution in [3.63, 3.8) is 0 Å². The summed E-state index contributed by atoms with van der Waals surface area (Å²) in [6, 6.07) is 10.0. The van der Waals surface area contributed by atoms with Crippen molar-refractivity contribution >= 4 is 22.6 Å². The Labute approximate surface area is 160 Å². The highest BCUT2D eigenvalue weighted by molar-refractivity contribution is 6.05. The molecule has 2 fully saturated rings. The van der Waals surface area contributed by atoms with E-state index in [0.29, 0.717) is 18.7 Å². The molecule has 2 heterocycles. The Morgan fingerprint density at radius 2 is 2.15 bits per heavy atom. The number of piperidine rings is 1. The molecule has 1 saturated heterocycles. The number of likely N-dealkylation sites (tertiary alicyclic amines) is 1. The predicted molar refractivity (Wildman–Crippen MR) is 105 cm³/mol. The van der Waals surface area contributed by atoms with Crippen LogP contribution in [-0.2, 0) is 4.79 Å². The third-order valence-corrected chi connectivity index (χ3v) is 6.35. The summed E-state index contributed by atoms with van der Waals surface area (Å²) in [4.78, 5) is 31.7. The van der Waals surface area contributed by atoms with Gasteiger partial charge in [-0.15, -0.1) is 0 Å². The van der Waals surface area contributed by atoms with Gasteiger partial charge in [-0.2, -0.15) is 0 Å². The van der Waals surface area contributed by atoms with Gasteiger partial charge in [0.15, 0.2) is 0 Å². The summed E-state index contributed by atoms with van der Waals surface area (Å²) < 4.78 is 0. The molecule has 1 saturated carbocycles. The van der Waals surface area contributed by atoms with Crippen LogP contribution in [0.3, 0.4) is 0 Å². The first-order valence-electron chi connectivity index (χ1n) is 10.1. The molecule has 5 heteroatoms. The van der Waals surface area contributed by atoms with Gasteiger partial charge >= 0.3 is 0 Å². The van der Waals surface area contributed by atoms with Crippen molar-refractivity contribution in [2.75, 3.05) is 13.1 Å². The maximum atomic E-state index is 12.9. The number of carbonyl (C=O) groups excluding carboxylic acids is 2. The molecule has 0 unspecified atom stereocenters. The average molecular weight is 365 g/mol. The Morgan fingerprint density at radius 3 is 3.00 bits per heavy atom. The minimum atomic E-state index is -0.120. The highest BCUT2D eigenvalue weighted by Crippen LogP contribution is 2.47. The van der Waals surface area contributed by atoms with E-state index < -0.39 is 0 Å². The highest BCUT2D eigenvalue weighted by Gasteiger charge is 2.49.